The van der Waals surface area contributed by atoms with Crippen LogP contribution in [-0.2, 0) is 9.84 Å². The van der Waals surface area contributed by atoms with Crippen LogP contribution in [0.25, 0.3) is 0 Å². The Balaban J connectivity index is 2.33. The zero-order valence-electron chi connectivity index (χ0n) is 11.5. The van der Waals surface area contributed by atoms with Gasteiger partial charge in [-0.15, -0.1) is 0 Å². The molecule has 1 aromatic rings. The van der Waals surface area contributed by atoms with Crippen LogP contribution in [0.4, 0.5) is 10.8 Å². The highest BCUT2D eigenvalue weighted by Crippen LogP contribution is 2.35. The van der Waals surface area contributed by atoms with E-state index in [4.69, 9.17) is 5.73 Å². The van der Waals surface area contributed by atoms with Crippen LogP contribution in [-0.4, -0.2) is 56.7 Å². The first-order chi connectivity index (χ1) is 8.84. The number of hydrogen-bond acceptors (Lipinski definition) is 7. The number of likely N-dealkylation sites (N-methyl/N-ethyl adjacent to an activating group) is 1. The molecule has 6 nitrogen and oxygen atoms in total. The first-order valence-electron chi connectivity index (χ1n) is 6.25. The summed E-state index contributed by atoms with van der Waals surface area (Å²) in [6.07, 6.45) is 2.22. The molecule has 0 saturated carbocycles. The number of anilines is 2. The maximum atomic E-state index is 11.8. The van der Waals surface area contributed by atoms with E-state index in [0.29, 0.717) is 11.0 Å². The second-order valence-corrected chi connectivity index (χ2v) is 7.67. The van der Waals surface area contributed by atoms with E-state index in [2.05, 4.69) is 28.1 Å². The average Bonchev–Trinajstić information content (AvgIpc) is 2.71. The lowest BCUT2D eigenvalue weighted by molar-refractivity contribution is 0.213. The van der Waals surface area contributed by atoms with Crippen molar-refractivity contribution in [3.63, 3.8) is 0 Å². The van der Waals surface area contributed by atoms with Gasteiger partial charge >= 0.3 is 0 Å². The van der Waals surface area contributed by atoms with Crippen LogP contribution in [0.15, 0.2) is 4.90 Å². The van der Waals surface area contributed by atoms with Gasteiger partial charge < -0.3 is 10.6 Å². The van der Waals surface area contributed by atoms with E-state index >= 15 is 0 Å². The molecular formula is C11H20N4O2S2. The number of rotatable bonds is 3. The van der Waals surface area contributed by atoms with Crippen LogP contribution in [0.5, 0.6) is 0 Å². The molecular weight excluding hydrogens is 284 g/mol. The van der Waals surface area contributed by atoms with Gasteiger partial charge in [-0.05, 0) is 25.0 Å². The topological polar surface area (TPSA) is 79.5 Å². The molecule has 2 heterocycles. The maximum absolute atomic E-state index is 11.8. The van der Waals surface area contributed by atoms with Crippen molar-refractivity contribution in [3.8, 4) is 0 Å². The Kier molecular flexibility index (Phi) is 4.03. The average molecular weight is 304 g/mol. The number of nitrogens with zero attached hydrogens (tertiary/aromatic N) is 3. The van der Waals surface area contributed by atoms with E-state index in [1.54, 1.807) is 0 Å². The van der Waals surface area contributed by atoms with E-state index in [-0.39, 0.29) is 10.7 Å². The van der Waals surface area contributed by atoms with Crippen molar-refractivity contribution in [2.45, 2.75) is 24.3 Å². The van der Waals surface area contributed by atoms with Crippen molar-refractivity contribution in [2.24, 2.45) is 0 Å². The smallest absolute Gasteiger partial charge is 0.182 e. The van der Waals surface area contributed by atoms with E-state index in [0.717, 1.165) is 26.1 Å². The highest BCUT2D eigenvalue weighted by molar-refractivity contribution is 7.91. The predicted molar refractivity (Wildman–Crippen MR) is 78.6 cm³/mol. The first-order valence-corrected chi connectivity index (χ1v) is 8.91. The van der Waals surface area contributed by atoms with Crippen LogP contribution < -0.4 is 10.6 Å². The third-order valence-corrected chi connectivity index (χ3v) is 5.76. The predicted octanol–water partition coefficient (Wildman–Crippen LogP) is 0.659. The molecule has 8 heteroatoms. The van der Waals surface area contributed by atoms with Crippen LogP contribution in [0, 0.1) is 0 Å². The number of aromatic nitrogens is 1. The Labute approximate surface area is 118 Å². The number of nitrogen functional groups attached to an aromatic ring is 1. The van der Waals surface area contributed by atoms with Gasteiger partial charge in [-0.25, -0.2) is 8.42 Å². The molecule has 0 aromatic carbocycles. The van der Waals surface area contributed by atoms with Crippen molar-refractivity contribution in [2.75, 3.05) is 43.6 Å². The van der Waals surface area contributed by atoms with E-state index in [1.165, 1.54) is 17.8 Å². The molecule has 1 aromatic heterocycles. The van der Waals surface area contributed by atoms with Crippen molar-refractivity contribution in [1.29, 1.82) is 0 Å². The van der Waals surface area contributed by atoms with Gasteiger partial charge in [-0.2, -0.15) is 4.37 Å². The summed E-state index contributed by atoms with van der Waals surface area (Å²) in [5.74, 6) is 0.120. The minimum Gasteiger partial charge on any atom is -0.382 e. The normalized spacial score (nSPS) is 21.8. The van der Waals surface area contributed by atoms with Crippen molar-refractivity contribution < 1.29 is 8.42 Å². The number of nitrogens with two attached hydrogens (primary N) is 1. The molecule has 19 heavy (non-hydrogen) atoms. The fourth-order valence-electron chi connectivity index (χ4n) is 2.41. The van der Waals surface area contributed by atoms with Crippen LogP contribution in [0.3, 0.4) is 0 Å². The maximum Gasteiger partial charge on any atom is 0.182 e. The molecule has 1 aliphatic heterocycles. The van der Waals surface area contributed by atoms with E-state index in [1.807, 2.05) is 0 Å². The molecule has 1 aliphatic rings. The van der Waals surface area contributed by atoms with Gasteiger partial charge in [0.05, 0.1) is 0 Å². The van der Waals surface area contributed by atoms with Crippen LogP contribution >= 0.6 is 11.5 Å². The second-order valence-electron chi connectivity index (χ2n) is 4.96. The Morgan fingerprint density at radius 1 is 1.47 bits per heavy atom. The zero-order valence-corrected chi connectivity index (χ0v) is 13.1. The van der Waals surface area contributed by atoms with Crippen molar-refractivity contribution >= 4 is 32.2 Å². The van der Waals surface area contributed by atoms with Gasteiger partial charge in [0, 0.05) is 31.9 Å². The summed E-state index contributed by atoms with van der Waals surface area (Å²) in [7, 11) is -1.24. The van der Waals surface area contributed by atoms with Gasteiger partial charge in [-0.1, -0.05) is 6.92 Å². The molecule has 0 bridgehead atoms. The summed E-state index contributed by atoms with van der Waals surface area (Å²) in [6, 6.07) is 0.435. The van der Waals surface area contributed by atoms with Crippen molar-refractivity contribution in [3.05, 3.63) is 0 Å². The van der Waals surface area contributed by atoms with Crippen LogP contribution in [0.1, 0.15) is 13.3 Å². The molecule has 1 saturated heterocycles. The SMILES string of the molecule is CCC1CN(c2snc(N)c2S(C)(=O)=O)CCN1C. The van der Waals surface area contributed by atoms with Gasteiger partial charge in [0.1, 0.15) is 9.90 Å². The molecule has 0 aliphatic carbocycles. The van der Waals surface area contributed by atoms with Crippen LogP contribution in [0.2, 0.25) is 0 Å². The van der Waals surface area contributed by atoms with Gasteiger partial charge in [0.25, 0.3) is 0 Å². The second kappa shape index (κ2) is 5.26. The quantitative estimate of drug-likeness (QED) is 0.883. The van der Waals surface area contributed by atoms with Gasteiger partial charge in [0.2, 0.25) is 0 Å². The fraction of sp³-hybridized carbons (Fsp3) is 0.727. The lowest BCUT2D eigenvalue weighted by Gasteiger charge is -2.39. The summed E-state index contributed by atoms with van der Waals surface area (Å²) >= 11 is 1.18. The minimum absolute atomic E-state index is 0.120. The number of sulfone groups is 1. The molecule has 1 atom stereocenters. The molecule has 108 valence electrons. The number of piperazine rings is 1. The Morgan fingerprint density at radius 3 is 2.74 bits per heavy atom. The molecule has 2 rings (SSSR count). The Bertz CT molecular complexity index is 555. The molecule has 2 N–H and O–H groups in total. The number of hydrogen-bond donors (Lipinski definition) is 1. The highest BCUT2D eigenvalue weighted by atomic mass is 32.2. The molecule has 1 unspecified atom stereocenters. The third kappa shape index (κ3) is 2.85. The molecule has 0 spiro atoms. The molecule has 0 amide bonds. The minimum atomic E-state index is -3.34. The Hall–Kier alpha value is -0.860. The summed E-state index contributed by atoms with van der Waals surface area (Å²) in [5, 5.41) is 0.687. The largest absolute Gasteiger partial charge is 0.382 e. The van der Waals surface area contributed by atoms with Crippen molar-refractivity contribution in [1.82, 2.24) is 9.27 Å². The standard InChI is InChI=1S/C11H20N4O2S2/c1-4-8-7-15(6-5-14(8)2)11-9(19(3,16)17)10(12)13-18-11/h8H,4-7H2,1-3H3,(H2,12,13). The van der Waals surface area contributed by atoms with E-state index < -0.39 is 9.84 Å². The fourth-order valence-corrected chi connectivity index (χ4v) is 4.65. The van der Waals surface area contributed by atoms with E-state index in [9.17, 15) is 8.42 Å². The lowest BCUT2D eigenvalue weighted by atomic mass is 10.1. The summed E-state index contributed by atoms with van der Waals surface area (Å²) in [4.78, 5) is 4.59. The molecule has 0 radical (unpaired) electrons. The summed E-state index contributed by atoms with van der Waals surface area (Å²) in [5.41, 5.74) is 5.71. The lowest BCUT2D eigenvalue weighted by Crippen LogP contribution is -2.51. The molecule has 1 fully saturated rings. The zero-order chi connectivity index (χ0) is 14.2. The highest BCUT2D eigenvalue weighted by Gasteiger charge is 2.30. The Morgan fingerprint density at radius 2 is 2.16 bits per heavy atom. The summed E-state index contributed by atoms with van der Waals surface area (Å²) in [6.45, 7) is 4.68. The first kappa shape index (κ1) is 14.5. The van der Waals surface area contributed by atoms with Gasteiger partial charge in [-0.3, -0.25) is 4.90 Å². The monoisotopic (exact) mass is 304 g/mol. The van der Waals surface area contributed by atoms with Gasteiger partial charge in [0.15, 0.2) is 15.7 Å². The summed E-state index contributed by atoms with van der Waals surface area (Å²) < 4.78 is 27.7. The third-order valence-electron chi connectivity index (χ3n) is 3.56.